The maximum Gasteiger partial charge on any atom is 0.317 e. The molecule has 2 saturated heterocycles. The molecule has 0 unspecified atom stereocenters. The Hall–Kier alpha value is -1.12. The highest BCUT2D eigenvalue weighted by Gasteiger charge is 2.36. The van der Waals surface area contributed by atoms with E-state index in [-0.39, 0.29) is 17.8 Å². The van der Waals surface area contributed by atoms with E-state index in [1.807, 2.05) is 4.90 Å². The molecule has 0 atom stereocenters. The van der Waals surface area contributed by atoms with E-state index in [1.54, 1.807) is 4.31 Å². The molecule has 2 amide bonds. The zero-order valence-electron chi connectivity index (χ0n) is 15.1. The maximum absolute atomic E-state index is 12.3. The predicted octanol–water partition coefficient (Wildman–Crippen LogP) is 0.848. The summed E-state index contributed by atoms with van der Waals surface area (Å²) >= 11 is 0. The summed E-state index contributed by atoms with van der Waals surface area (Å²) < 4.78 is 25.7. The summed E-state index contributed by atoms with van der Waals surface area (Å²) in [4.78, 5) is 16.5. The van der Waals surface area contributed by atoms with Crippen LogP contribution >= 0.6 is 0 Å². The predicted molar refractivity (Wildman–Crippen MR) is 97.9 cm³/mol. The topological polar surface area (TPSA) is 73.0 Å². The highest BCUT2D eigenvalue weighted by molar-refractivity contribution is 7.89. The van der Waals surface area contributed by atoms with E-state index in [2.05, 4.69) is 23.2 Å². The van der Waals surface area contributed by atoms with Crippen LogP contribution in [0.25, 0.3) is 0 Å². The summed E-state index contributed by atoms with van der Waals surface area (Å²) in [6.07, 6.45) is 5.57. The number of carbonyl (C=O) groups is 1. The number of hydrogen-bond donors (Lipinski definition) is 1. The molecular formula is C17H30N4O3S. The summed E-state index contributed by atoms with van der Waals surface area (Å²) in [5.41, 5.74) is 1.45. The Bertz CT molecular complexity index is 611. The van der Waals surface area contributed by atoms with Gasteiger partial charge in [0.05, 0.1) is 5.75 Å². The molecule has 8 heteroatoms. The second kappa shape index (κ2) is 8.05. The summed E-state index contributed by atoms with van der Waals surface area (Å²) in [6.45, 7) is 7.64. The number of likely N-dealkylation sites (tertiary alicyclic amines) is 1. The van der Waals surface area contributed by atoms with Gasteiger partial charge in [-0.15, -0.1) is 0 Å². The van der Waals surface area contributed by atoms with Gasteiger partial charge in [-0.2, -0.15) is 4.31 Å². The van der Waals surface area contributed by atoms with Gasteiger partial charge in [-0.05, 0) is 32.6 Å². The standard InChI is InChI=1S/C17H30N4O3S/c1-15-3-9-19(10-4-15)13-7-18-17(22)20-11-5-16(6-12-20)21-8-2-14-25(21,23)24/h3,16H,2,4-14H2,1H3,(H,18,22). The molecule has 0 radical (unpaired) electrons. The summed E-state index contributed by atoms with van der Waals surface area (Å²) in [6, 6.07) is 0.0476. The molecule has 0 saturated carbocycles. The summed E-state index contributed by atoms with van der Waals surface area (Å²) in [7, 11) is -3.05. The van der Waals surface area contributed by atoms with Crippen LogP contribution in [0.3, 0.4) is 0 Å². The SMILES string of the molecule is CC1=CCN(CCNC(=O)N2CCC(N3CCCS3(=O)=O)CC2)CC1. The van der Waals surface area contributed by atoms with Gasteiger partial charge < -0.3 is 10.2 Å². The third kappa shape index (κ3) is 4.74. The third-order valence-electron chi connectivity index (χ3n) is 5.52. The first kappa shape index (κ1) is 18.7. The summed E-state index contributed by atoms with van der Waals surface area (Å²) in [5, 5.41) is 3.00. The Kier molecular flexibility index (Phi) is 6.01. The molecular weight excluding hydrogens is 340 g/mol. The molecule has 1 N–H and O–H groups in total. The van der Waals surface area contributed by atoms with E-state index in [1.165, 1.54) is 5.57 Å². The average Bonchev–Trinajstić information content (AvgIpc) is 2.96. The molecule has 3 rings (SSSR count). The molecule has 3 aliphatic heterocycles. The van der Waals surface area contributed by atoms with Crippen molar-refractivity contribution in [3.05, 3.63) is 11.6 Å². The average molecular weight is 371 g/mol. The van der Waals surface area contributed by atoms with Crippen LogP contribution < -0.4 is 5.32 Å². The van der Waals surface area contributed by atoms with Gasteiger partial charge in [0.2, 0.25) is 10.0 Å². The van der Waals surface area contributed by atoms with Gasteiger partial charge in [0.15, 0.2) is 0 Å². The van der Waals surface area contributed by atoms with Crippen LogP contribution in [-0.4, -0.2) is 86.2 Å². The van der Waals surface area contributed by atoms with Gasteiger partial charge in [-0.3, -0.25) is 4.90 Å². The van der Waals surface area contributed by atoms with Crippen LogP contribution in [0.1, 0.15) is 32.6 Å². The van der Waals surface area contributed by atoms with E-state index in [0.29, 0.717) is 26.2 Å². The number of nitrogens with zero attached hydrogens (tertiary/aromatic N) is 3. The van der Waals surface area contributed by atoms with Gasteiger partial charge in [0.25, 0.3) is 0 Å². The fourth-order valence-electron chi connectivity index (χ4n) is 3.87. The Labute approximate surface area is 151 Å². The second-order valence-corrected chi connectivity index (χ2v) is 9.37. The van der Waals surface area contributed by atoms with Crippen molar-refractivity contribution in [2.45, 2.75) is 38.6 Å². The molecule has 0 bridgehead atoms. The fourth-order valence-corrected chi connectivity index (χ4v) is 5.68. The highest BCUT2D eigenvalue weighted by atomic mass is 32.2. The number of sulfonamides is 1. The zero-order chi connectivity index (χ0) is 17.9. The van der Waals surface area contributed by atoms with Crippen molar-refractivity contribution >= 4 is 16.1 Å². The Morgan fingerprint density at radius 2 is 2.00 bits per heavy atom. The maximum atomic E-state index is 12.3. The van der Waals surface area contributed by atoms with Gasteiger partial charge in [-0.1, -0.05) is 11.6 Å². The Balaban J connectivity index is 1.37. The van der Waals surface area contributed by atoms with E-state index in [0.717, 1.165) is 45.3 Å². The minimum Gasteiger partial charge on any atom is -0.337 e. The first-order valence-corrected chi connectivity index (χ1v) is 11.0. The molecule has 25 heavy (non-hydrogen) atoms. The quantitative estimate of drug-likeness (QED) is 0.745. The van der Waals surface area contributed by atoms with Crippen LogP contribution in [-0.2, 0) is 10.0 Å². The van der Waals surface area contributed by atoms with Crippen LogP contribution in [0.4, 0.5) is 4.79 Å². The number of rotatable bonds is 4. The van der Waals surface area contributed by atoms with Crippen LogP contribution in [0.5, 0.6) is 0 Å². The third-order valence-corrected chi connectivity index (χ3v) is 7.52. The van der Waals surface area contributed by atoms with Crippen LogP contribution in [0.2, 0.25) is 0 Å². The van der Waals surface area contributed by atoms with E-state index in [4.69, 9.17) is 0 Å². The lowest BCUT2D eigenvalue weighted by Gasteiger charge is -2.36. The van der Waals surface area contributed by atoms with E-state index >= 15 is 0 Å². The monoisotopic (exact) mass is 370 g/mol. The largest absolute Gasteiger partial charge is 0.337 e. The van der Waals surface area contributed by atoms with Crippen molar-refractivity contribution in [1.29, 1.82) is 0 Å². The normalized spacial score (nSPS) is 25.8. The molecule has 2 fully saturated rings. The van der Waals surface area contributed by atoms with Crippen LogP contribution in [0, 0.1) is 0 Å². The van der Waals surface area contributed by atoms with Crippen molar-refractivity contribution in [2.75, 3.05) is 51.6 Å². The Morgan fingerprint density at radius 3 is 2.60 bits per heavy atom. The number of carbonyl (C=O) groups excluding carboxylic acids is 1. The molecule has 0 spiro atoms. The molecule has 142 valence electrons. The zero-order valence-corrected chi connectivity index (χ0v) is 15.9. The molecule has 3 aliphatic rings. The molecule has 0 aromatic carbocycles. The minimum atomic E-state index is -3.05. The molecule has 7 nitrogen and oxygen atoms in total. The number of urea groups is 1. The van der Waals surface area contributed by atoms with Crippen molar-refractivity contribution in [2.24, 2.45) is 0 Å². The molecule has 0 aromatic heterocycles. The fraction of sp³-hybridized carbons (Fsp3) is 0.824. The van der Waals surface area contributed by atoms with Crippen molar-refractivity contribution in [1.82, 2.24) is 19.4 Å². The lowest BCUT2D eigenvalue weighted by molar-refractivity contribution is 0.159. The van der Waals surface area contributed by atoms with Crippen molar-refractivity contribution < 1.29 is 13.2 Å². The van der Waals surface area contributed by atoms with E-state index < -0.39 is 10.0 Å². The highest BCUT2D eigenvalue weighted by Crippen LogP contribution is 2.24. The van der Waals surface area contributed by atoms with Gasteiger partial charge >= 0.3 is 6.03 Å². The lowest BCUT2D eigenvalue weighted by atomic mass is 10.1. The van der Waals surface area contributed by atoms with Crippen LogP contribution in [0.15, 0.2) is 11.6 Å². The smallest absolute Gasteiger partial charge is 0.317 e. The summed E-state index contributed by atoms with van der Waals surface area (Å²) in [5.74, 6) is 0.277. The molecule has 3 heterocycles. The number of amides is 2. The van der Waals surface area contributed by atoms with Crippen molar-refractivity contribution in [3.8, 4) is 0 Å². The first-order valence-electron chi connectivity index (χ1n) is 9.36. The van der Waals surface area contributed by atoms with Gasteiger partial charge in [0, 0.05) is 51.9 Å². The lowest BCUT2D eigenvalue weighted by Crippen LogP contribution is -2.50. The van der Waals surface area contributed by atoms with Gasteiger partial charge in [-0.25, -0.2) is 13.2 Å². The minimum absolute atomic E-state index is 0.0218. The first-order chi connectivity index (χ1) is 12.0. The second-order valence-electron chi connectivity index (χ2n) is 7.33. The number of nitrogens with one attached hydrogen (secondary N) is 1. The van der Waals surface area contributed by atoms with E-state index in [9.17, 15) is 13.2 Å². The Morgan fingerprint density at radius 1 is 1.24 bits per heavy atom. The van der Waals surface area contributed by atoms with Crippen molar-refractivity contribution in [3.63, 3.8) is 0 Å². The molecule has 0 aliphatic carbocycles. The van der Waals surface area contributed by atoms with Gasteiger partial charge in [0.1, 0.15) is 0 Å². The number of piperidine rings is 1. The number of hydrogen-bond acceptors (Lipinski definition) is 4. The molecule has 0 aromatic rings.